The van der Waals surface area contributed by atoms with Crippen molar-refractivity contribution in [3.05, 3.63) is 32.3 Å². The monoisotopic (exact) mass is 433 g/mol. The van der Waals surface area contributed by atoms with E-state index in [4.69, 9.17) is 27.4 Å². The van der Waals surface area contributed by atoms with E-state index >= 15 is 0 Å². The molecule has 1 aromatic heterocycles. The number of rotatable bonds is 4. The van der Waals surface area contributed by atoms with Crippen LogP contribution in [0.2, 0.25) is 0 Å². The van der Waals surface area contributed by atoms with Gasteiger partial charge in [-0.1, -0.05) is 12.2 Å². The van der Waals surface area contributed by atoms with E-state index in [0.29, 0.717) is 22.9 Å². The Morgan fingerprint density at radius 3 is 2.43 bits per heavy atom. The Morgan fingerprint density at radius 1 is 1.29 bits per heavy atom. The summed E-state index contributed by atoms with van der Waals surface area (Å²) in [5.41, 5.74) is 7.11. The van der Waals surface area contributed by atoms with Gasteiger partial charge in [0.25, 0.3) is 0 Å². The normalized spacial score (nSPS) is 10.5. The number of ether oxygens (including phenoxy) is 2. The molecule has 0 amide bonds. The lowest BCUT2D eigenvalue weighted by atomic mass is 10.2. The summed E-state index contributed by atoms with van der Waals surface area (Å²) in [6.07, 6.45) is 0. The molecule has 0 spiro atoms. The molecule has 0 aliphatic heterocycles. The molecular formula is C13H13Br2N3O2S. The van der Waals surface area contributed by atoms with Crippen molar-refractivity contribution in [3.63, 3.8) is 0 Å². The largest absolute Gasteiger partial charge is 0.496 e. The van der Waals surface area contributed by atoms with Crippen molar-refractivity contribution < 1.29 is 9.47 Å². The summed E-state index contributed by atoms with van der Waals surface area (Å²) in [7, 11) is 3.37. The minimum atomic E-state index is 0.249. The fourth-order valence-electron chi connectivity index (χ4n) is 1.89. The van der Waals surface area contributed by atoms with Crippen molar-refractivity contribution in [1.82, 2.24) is 9.78 Å². The number of halogens is 2. The first kappa shape index (κ1) is 16.3. The number of benzene rings is 1. The average Bonchev–Trinajstić information content (AvgIpc) is 2.68. The van der Waals surface area contributed by atoms with Crippen LogP contribution in [0.5, 0.6) is 17.4 Å². The summed E-state index contributed by atoms with van der Waals surface area (Å²) >= 11 is 11.9. The van der Waals surface area contributed by atoms with Gasteiger partial charge in [0.2, 0.25) is 5.88 Å². The van der Waals surface area contributed by atoms with Crippen LogP contribution in [0.4, 0.5) is 0 Å². The molecule has 0 bridgehead atoms. The first-order valence-electron chi connectivity index (χ1n) is 5.89. The predicted molar refractivity (Wildman–Crippen MR) is 92.3 cm³/mol. The molecule has 1 heterocycles. The van der Waals surface area contributed by atoms with Crippen LogP contribution in [0, 0.1) is 6.92 Å². The zero-order chi connectivity index (χ0) is 15.7. The fraction of sp³-hybridized carbons (Fsp3) is 0.231. The van der Waals surface area contributed by atoms with Crippen LogP contribution in [0.1, 0.15) is 11.3 Å². The van der Waals surface area contributed by atoms with Gasteiger partial charge in [0, 0.05) is 7.05 Å². The minimum absolute atomic E-state index is 0.249. The highest BCUT2D eigenvalue weighted by Gasteiger charge is 2.19. The molecule has 0 aliphatic carbocycles. The molecule has 2 rings (SSSR count). The Labute approximate surface area is 144 Å². The summed E-state index contributed by atoms with van der Waals surface area (Å²) in [5, 5.41) is 4.29. The van der Waals surface area contributed by atoms with Crippen LogP contribution < -0.4 is 15.2 Å². The maximum Gasteiger partial charge on any atom is 0.228 e. The van der Waals surface area contributed by atoms with Crippen molar-refractivity contribution in [2.45, 2.75) is 6.92 Å². The lowest BCUT2D eigenvalue weighted by Gasteiger charge is -2.12. The number of nitrogens with two attached hydrogens (primary N) is 1. The summed E-state index contributed by atoms with van der Waals surface area (Å²) in [5.74, 6) is 1.80. The van der Waals surface area contributed by atoms with Crippen LogP contribution >= 0.6 is 44.1 Å². The van der Waals surface area contributed by atoms with Crippen LogP contribution in [-0.4, -0.2) is 21.9 Å². The van der Waals surface area contributed by atoms with Crippen LogP contribution in [-0.2, 0) is 7.05 Å². The first-order chi connectivity index (χ1) is 9.85. The lowest BCUT2D eigenvalue weighted by molar-refractivity contribution is 0.405. The van der Waals surface area contributed by atoms with Gasteiger partial charge < -0.3 is 15.2 Å². The Balaban J connectivity index is 2.48. The summed E-state index contributed by atoms with van der Waals surface area (Å²) < 4.78 is 14.3. The third-order valence-corrected chi connectivity index (χ3v) is 4.27. The molecule has 0 fully saturated rings. The van der Waals surface area contributed by atoms with Gasteiger partial charge in [-0.3, -0.25) is 0 Å². The molecule has 5 nitrogen and oxygen atoms in total. The van der Waals surface area contributed by atoms with Gasteiger partial charge in [-0.2, -0.15) is 5.10 Å². The minimum Gasteiger partial charge on any atom is -0.496 e. The van der Waals surface area contributed by atoms with E-state index in [2.05, 4.69) is 37.0 Å². The second-order valence-electron chi connectivity index (χ2n) is 4.27. The highest BCUT2D eigenvalue weighted by molar-refractivity contribution is 9.11. The number of thiocarbonyl (C=S) groups is 1. The summed E-state index contributed by atoms with van der Waals surface area (Å²) in [4.78, 5) is 0.249. The van der Waals surface area contributed by atoms with E-state index in [-0.39, 0.29) is 4.99 Å². The predicted octanol–water partition coefficient (Wildman–Crippen LogP) is 3.69. The Hall–Kier alpha value is -1.12. The summed E-state index contributed by atoms with van der Waals surface area (Å²) in [6, 6.07) is 3.61. The van der Waals surface area contributed by atoms with E-state index in [1.807, 2.05) is 13.0 Å². The maximum atomic E-state index is 5.93. The highest BCUT2D eigenvalue weighted by Crippen LogP contribution is 2.39. The van der Waals surface area contributed by atoms with Crippen molar-refractivity contribution in [2.24, 2.45) is 12.8 Å². The molecule has 0 saturated carbocycles. The van der Waals surface area contributed by atoms with Gasteiger partial charge in [0.15, 0.2) is 0 Å². The number of aryl methyl sites for hydroxylation is 2. The Bertz CT molecular complexity index is 716. The van der Waals surface area contributed by atoms with Gasteiger partial charge in [-0.25, -0.2) is 4.68 Å². The second kappa shape index (κ2) is 6.33. The third kappa shape index (κ3) is 3.22. The van der Waals surface area contributed by atoms with Crippen LogP contribution in [0.25, 0.3) is 0 Å². The molecule has 0 atom stereocenters. The SMILES string of the molecule is COc1cc(Br)c(Oc2c(C(N)=S)c(C)nn2C)cc1Br. The molecule has 8 heteroatoms. The first-order valence-corrected chi connectivity index (χ1v) is 7.88. The molecule has 2 aromatic rings. The molecule has 2 N–H and O–H groups in total. The van der Waals surface area contributed by atoms with E-state index in [1.54, 1.807) is 24.9 Å². The molecule has 0 unspecified atom stereocenters. The third-order valence-electron chi connectivity index (χ3n) is 2.83. The van der Waals surface area contributed by atoms with E-state index in [0.717, 1.165) is 14.6 Å². The topological polar surface area (TPSA) is 62.3 Å². The second-order valence-corrected chi connectivity index (χ2v) is 6.42. The van der Waals surface area contributed by atoms with E-state index in [9.17, 15) is 0 Å². The molecule has 112 valence electrons. The molecule has 0 aliphatic rings. The van der Waals surface area contributed by atoms with Crippen LogP contribution in [0.3, 0.4) is 0 Å². The lowest BCUT2D eigenvalue weighted by Crippen LogP contribution is -2.11. The quantitative estimate of drug-likeness (QED) is 0.743. The zero-order valence-corrected chi connectivity index (χ0v) is 15.6. The van der Waals surface area contributed by atoms with Gasteiger partial charge in [-0.05, 0) is 50.9 Å². The van der Waals surface area contributed by atoms with Gasteiger partial charge >= 0.3 is 0 Å². The van der Waals surface area contributed by atoms with Crippen LogP contribution in [0.15, 0.2) is 21.1 Å². The number of hydrogen-bond donors (Lipinski definition) is 1. The standard InChI is InChI=1S/C13H13Br2N3O2S/c1-6-11(12(16)21)13(18(2)17-6)20-10-5-7(14)9(19-3)4-8(10)15/h4-5H,1-3H3,(H2,16,21). The smallest absolute Gasteiger partial charge is 0.228 e. The van der Waals surface area contributed by atoms with Crippen molar-refractivity contribution >= 4 is 49.1 Å². The van der Waals surface area contributed by atoms with Crippen molar-refractivity contribution in [2.75, 3.05) is 7.11 Å². The molecule has 21 heavy (non-hydrogen) atoms. The summed E-state index contributed by atoms with van der Waals surface area (Å²) in [6.45, 7) is 1.83. The number of hydrogen-bond acceptors (Lipinski definition) is 4. The zero-order valence-electron chi connectivity index (χ0n) is 11.6. The molecule has 0 radical (unpaired) electrons. The highest BCUT2D eigenvalue weighted by atomic mass is 79.9. The average molecular weight is 435 g/mol. The van der Waals surface area contributed by atoms with Gasteiger partial charge in [0.05, 0.1) is 27.3 Å². The van der Waals surface area contributed by atoms with E-state index < -0.39 is 0 Å². The van der Waals surface area contributed by atoms with Crippen molar-refractivity contribution in [3.8, 4) is 17.4 Å². The molecule has 0 saturated heterocycles. The fourth-order valence-corrected chi connectivity index (χ4v) is 3.01. The Kier molecular flexibility index (Phi) is 4.90. The number of nitrogens with zero attached hydrogens (tertiary/aromatic N) is 2. The van der Waals surface area contributed by atoms with Crippen molar-refractivity contribution in [1.29, 1.82) is 0 Å². The maximum absolute atomic E-state index is 5.93. The molecular weight excluding hydrogens is 422 g/mol. The van der Waals surface area contributed by atoms with E-state index in [1.165, 1.54) is 0 Å². The number of aromatic nitrogens is 2. The van der Waals surface area contributed by atoms with Gasteiger partial charge in [0.1, 0.15) is 16.5 Å². The molecule has 1 aromatic carbocycles. The van der Waals surface area contributed by atoms with Gasteiger partial charge in [-0.15, -0.1) is 0 Å². The Morgan fingerprint density at radius 2 is 1.86 bits per heavy atom. The number of methoxy groups -OCH3 is 1.